The van der Waals surface area contributed by atoms with Crippen LogP contribution in [-0.4, -0.2) is 0 Å². The van der Waals surface area contributed by atoms with Crippen LogP contribution in [0.15, 0.2) is 297 Å². The summed E-state index contributed by atoms with van der Waals surface area (Å²) in [6, 6.07) is 115. The van der Waals surface area contributed by atoms with Gasteiger partial charge in [0.1, 0.15) is 0 Å². The monoisotopic (exact) mass is 1200 g/mol. The molecule has 17 rings (SSSR count). The summed E-state index contributed by atoms with van der Waals surface area (Å²) >= 11 is 0. The van der Waals surface area contributed by atoms with Gasteiger partial charge in [-0.05, 0) is 215 Å². The molecule has 450 valence electrons. The van der Waals surface area contributed by atoms with Crippen molar-refractivity contribution in [2.75, 3.05) is 0 Å². The molecule has 3 aliphatic rings. The lowest BCUT2D eigenvalue weighted by Gasteiger charge is -2.34. The molecule has 2 atom stereocenters. The van der Waals surface area contributed by atoms with Gasteiger partial charge < -0.3 is 0 Å². The SMILES string of the molecule is Cc1ccc(-c2cc(Cc3ccc(C4(c5ccc(C)cc5)c5ccccc5-c5c(-c6ccc(C)cc6)cccc54)cc3)c3c(c2)C(c2ccc(C)cc2)(c2ccc(Cc4ccc5c6c(cc(-c7ccc(C)cc7)c5c4)C(C)(C)c4ccccc4-6)cc2)c2ccccc2-3)cc1. The first-order chi connectivity index (χ1) is 45.9. The first kappa shape index (κ1) is 57.3. The lowest BCUT2D eigenvalue weighted by Crippen LogP contribution is -2.29. The number of aryl methyl sites for hydroxylation is 5. The second kappa shape index (κ2) is 22.0. The molecule has 3 aliphatic carbocycles. The molecule has 0 saturated carbocycles. The van der Waals surface area contributed by atoms with E-state index in [0.717, 1.165) is 12.8 Å². The number of benzene rings is 14. The Kier molecular flexibility index (Phi) is 13.4. The van der Waals surface area contributed by atoms with Crippen LogP contribution in [0.1, 0.15) is 120 Å². The molecule has 0 spiro atoms. The molecule has 0 saturated heterocycles. The van der Waals surface area contributed by atoms with Crippen molar-refractivity contribution >= 4 is 10.8 Å². The van der Waals surface area contributed by atoms with Crippen molar-refractivity contribution < 1.29 is 0 Å². The molecule has 2 unspecified atom stereocenters. The maximum atomic E-state index is 2.54. The van der Waals surface area contributed by atoms with E-state index in [1.807, 2.05) is 0 Å². The second-order valence-electron chi connectivity index (χ2n) is 27.9. The van der Waals surface area contributed by atoms with E-state index in [-0.39, 0.29) is 5.41 Å². The average molecular weight is 1200 g/mol. The van der Waals surface area contributed by atoms with E-state index >= 15 is 0 Å². The van der Waals surface area contributed by atoms with Crippen molar-refractivity contribution in [1.29, 1.82) is 0 Å². The normalized spacial score (nSPS) is 16.1. The molecule has 0 heteroatoms. The highest BCUT2D eigenvalue weighted by molar-refractivity contribution is 6.09. The molecule has 0 aromatic heterocycles. The molecular formula is C94H74. The smallest absolute Gasteiger partial charge is 0.0619 e. The fourth-order valence-electron chi connectivity index (χ4n) is 17.0. The van der Waals surface area contributed by atoms with Gasteiger partial charge in [-0.1, -0.05) is 327 Å². The van der Waals surface area contributed by atoms with Crippen molar-refractivity contribution in [3.05, 3.63) is 403 Å². The van der Waals surface area contributed by atoms with Gasteiger partial charge in [-0.25, -0.2) is 0 Å². The van der Waals surface area contributed by atoms with Crippen LogP contribution in [0.2, 0.25) is 0 Å². The summed E-state index contributed by atoms with van der Waals surface area (Å²) in [5, 5.41) is 2.63. The number of hydrogen-bond donors (Lipinski definition) is 0. The highest BCUT2D eigenvalue weighted by Gasteiger charge is 2.49. The molecule has 0 aliphatic heterocycles. The van der Waals surface area contributed by atoms with Gasteiger partial charge in [0.2, 0.25) is 0 Å². The summed E-state index contributed by atoms with van der Waals surface area (Å²) in [4.78, 5) is 0. The third-order valence-corrected chi connectivity index (χ3v) is 21.7. The van der Waals surface area contributed by atoms with Crippen LogP contribution in [0.5, 0.6) is 0 Å². The van der Waals surface area contributed by atoms with Crippen molar-refractivity contribution in [2.45, 2.75) is 77.6 Å². The minimum atomic E-state index is -0.616. The second-order valence-corrected chi connectivity index (χ2v) is 27.9. The van der Waals surface area contributed by atoms with Crippen molar-refractivity contribution in [3.63, 3.8) is 0 Å². The van der Waals surface area contributed by atoms with Gasteiger partial charge >= 0.3 is 0 Å². The minimum Gasteiger partial charge on any atom is -0.0619 e. The summed E-state index contributed by atoms with van der Waals surface area (Å²) in [6.07, 6.45) is 1.57. The van der Waals surface area contributed by atoms with Crippen LogP contribution in [0.3, 0.4) is 0 Å². The Bertz CT molecular complexity index is 5310. The summed E-state index contributed by atoms with van der Waals surface area (Å²) in [5.41, 5.74) is 38.9. The molecule has 14 aromatic carbocycles. The molecule has 94 heavy (non-hydrogen) atoms. The van der Waals surface area contributed by atoms with E-state index in [9.17, 15) is 0 Å². The molecule has 0 bridgehead atoms. The van der Waals surface area contributed by atoms with E-state index < -0.39 is 10.8 Å². The topological polar surface area (TPSA) is 0 Å². The molecule has 0 N–H and O–H groups in total. The zero-order chi connectivity index (χ0) is 63.6. The maximum absolute atomic E-state index is 2.54. The van der Waals surface area contributed by atoms with Gasteiger partial charge in [-0.15, -0.1) is 0 Å². The minimum absolute atomic E-state index is 0.106. The van der Waals surface area contributed by atoms with Crippen LogP contribution in [0.25, 0.3) is 77.5 Å². The first-order valence-electron chi connectivity index (χ1n) is 33.6. The lowest BCUT2D eigenvalue weighted by molar-refractivity contribution is 0.661. The third-order valence-electron chi connectivity index (χ3n) is 21.7. The van der Waals surface area contributed by atoms with Crippen LogP contribution in [0, 0.1) is 34.6 Å². The van der Waals surface area contributed by atoms with Gasteiger partial charge in [0.15, 0.2) is 0 Å². The summed E-state index contributed by atoms with van der Waals surface area (Å²) in [5.74, 6) is 0. The average Bonchev–Trinajstić information content (AvgIpc) is 1.54. The number of fused-ring (bicyclic) bond motifs is 11. The zero-order valence-electron chi connectivity index (χ0n) is 54.7. The Labute approximate surface area is 554 Å². The molecule has 0 radical (unpaired) electrons. The first-order valence-corrected chi connectivity index (χ1v) is 33.6. The molecule has 0 nitrogen and oxygen atoms in total. The fourth-order valence-corrected chi connectivity index (χ4v) is 17.0. The Morgan fingerprint density at radius 3 is 1.18 bits per heavy atom. The Balaban J connectivity index is 0.801. The highest BCUT2D eigenvalue weighted by atomic mass is 14.5. The predicted molar refractivity (Wildman–Crippen MR) is 395 cm³/mol. The van der Waals surface area contributed by atoms with Crippen LogP contribution in [0.4, 0.5) is 0 Å². The standard InChI is InChI=1S/C94H74/c1-59-23-38-67(39-24-59)70-56-71(54-65-35-50-74(51-36-65)93(72-44-29-62(4)30-45-72)85-21-13-10-17-80(85)90-76(18-14-22-86(90)93)68-40-25-60(2)26-41-68)89-79-16-9-12-20-84(79)94(88(89)57-70,73-46-31-63(5)32-47-73)75-48-33-64(34-49-75)53-66-37-52-77-82(55-66)81(69-42-27-61(3)28-43-69)58-87-91(77)78-15-8-11-19-83(78)92(87,6)7/h8-52,55-58H,53-54H2,1-7H3. The summed E-state index contributed by atoms with van der Waals surface area (Å²) in [6.45, 7) is 15.7. The summed E-state index contributed by atoms with van der Waals surface area (Å²) < 4.78 is 0. The fraction of sp³-hybridized carbons (Fsp3) is 0.128. The van der Waals surface area contributed by atoms with Crippen molar-refractivity contribution in [2.24, 2.45) is 0 Å². The predicted octanol–water partition coefficient (Wildman–Crippen LogP) is 23.6. The largest absolute Gasteiger partial charge is 0.0713 e. The summed E-state index contributed by atoms with van der Waals surface area (Å²) in [7, 11) is 0. The van der Waals surface area contributed by atoms with E-state index in [4.69, 9.17) is 0 Å². The molecule has 0 fully saturated rings. The maximum Gasteiger partial charge on any atom is 0.0713 e. The molecular weight excluding hydrogens is 1130 g/mol. The Hall–Kier alpha value is -10.7. The van der Waals surface area contributed by atoms with Gasteiger partial charge in [-0.3, -0.25) is 0 Å². The quantitative estimate of drug-likeness (QED) is 0.121. The molecule has 0 amide bonds. The number of rotatable bonds is 11. The molecule has 14 aromatic rings. The number of hydrogen-bond acceptors (Lipinski definition) is 0. The van der Waals surface area contributed by atoms with E-state index in [2.05, 4.69) is 346 Å². The van der Waals surface area contributed by atoms with Crippen molar-refractivity contribution in [1.82, 2.24) is 0 Å². The van der Waals surface area contributed by atoms with Crippen LogP contribution < -0.4 is 0 Å². The third kappa shape index (κ3) is 8.87. The zero-order valence-corrected chi connectivity index (χ0v) is 54.7. The lowest BCUT2D eigenvalue weighted by atomic mass is 9.67. The van der Waals surface area contributed by atoms with Gasteiger partial charge in [0, 0.05) is 5.41 Å². The highest BCUT2D eigenvalue weighted by Crippen LogP contribution is 2.61. The molecule has 0 heterocycles. The van der Waals surface area contributed by atoms with E-state index in [1.165, 1.54) is 183 Å². The Morgan fingerprint density at radius 2 is 0.638 bits per heavy atom. The van der Waals surface area contributed by atoms with Gasteiger partial charge in [0.25, 0.3) is 0 Å². The van der Waals surface area contributed by atoms with Crippen LogP contribution in [-0.2, 0) is 29.1 Å². The van der Waals surface area contributed by atoms with Gasteiger partial charge in [-0.2, -0.15) is 0 Å². The van der Waals surface area contributed by atoms with E-state index in [1.54, 1.807) is 0 Å². The van der Waals surface area contributed by atoms with Crippen LogP contribution >= 0.6 is 0 Å². The van der Waals surface area contributed by atoms with Crippen molar-refractivity contribution in [3.8, 4) is 66.8 Å². The van der Waals surface area contributed by atoms with Gasteiger partial charge in [0.05, 0.1) is 10.8 Å². The Morgan fingerprint density at radius 1 is 0.234 bits per heavy atom. The van der Waals surface area contributed by atoms with E-state index in [0.29, 0.717) is 0 Å².